The number of benzene rings is 2. The molecular weight excluding hydrogens is 364 g/mol. The maximum Gasteiger partial charge on any atom is 0.229 e. The predicted molar refractivity (Wildman–Crippen MR) is 106 cm³/mol. The first-order valence-electron chi connectivity index (χ1n) is 9.06. The second-order valence-corrected chi connectivity index (χ2v) is 8.86. The molecule has 1 aliphatic rings. The van der Waals surface area contributed by atoms with Crippen LogP contribution in [0.3, 0.4) is 0 Å². The molecule has 146 valence electrons. The lowest BCUT2D eigenvalue weighted by Gasteiger charge is -2.30. The Balaban J connectivity index is 1.50. The van der Waals surface area contributed by atoms with Crippen LogP contribution in [0.5, 0.6) is 0 Å². The van der Waals surface area contributed by atoms with Crippen LogP contribution in [0.15, 0.2) is 48.5 Å². The second kappa shape index (κ2) is 8.39. The Morgan fingerprint density at radius 1 is 1.15 bits per heavy atom. The lowest BCUT2D eigenvalue weighted by molar-refractivity contribution is 0.0890. The average Bonchev–Trinajstić information content (AvgIpc) is 2.63. The van der Waals surface area contributed by atoms with E-state index in [0.29, 0.717) is 24.3 Å². The molecular formula is C20H26N2O4S. The van der Waals surface area contributed by atoms with Gasteiger partial charge in [-0.2, -0.15) is 0 Å². The molecule has 0 heterocycles. The van der Waals surface area contributed by atoms with E-state index in [1.807, 2.05) is 18.2 Å². The fourth-order valence-electron chi connectivity index (χ4n) is 3.53. The van der Waals surface area contributed by atoms with Crippen molar-refractivity contribution in [2.45, 2.75) is 25.0 Å². The minimum absolute atomic E-state index is 0.119. The summed E-state index contributed by atoms with van der Waals surface area (Å²) < 4.78 is 24.8. The van der Waals surface area contributed by atoms with Crippen molar-refractivity contribution in [2.24, 2.45) is 5.92 Å². The Labute approximate surface area is 160 Å². The molecule has 4 N–H and O–H groups in total. The van der Waals surface area contributed by atoms with Crippen LogP contribution < -0.4 is 10.0 Å². The minimum atomic E-state index is -3.31. The minimum Gasteiger partial charge on any atom is -0.388 e. The van der Waals surface area contributed by atoms with Crippen LogP contribution in [0.25, 0.3) is 0 Å². The first-order valence-corrected chi connectivity index (χ1v) is 10.9. The van der Waals surface area contributed by atoms with Crippen LogP contribution in [0, 0.1) is 5.92 Å². The molecule has 27 heavy (non-hydrogen) atoms. The highest BCUT2D eigenvalue weighted by atomic mass is 32.2. The van der Waals surface area contributed by atoms with E-state index in [1.165, 1.54) is 5.56 Å². The summed E-state index contributed by atoms with van der Waals surface area (Å²) in [5.41, 5.74) is 3.38. The number of nitrogens with one attached hydrogen (secondary N) is 2. The molecule has 2 aromatic carbocycles. The van der Waals surface area contributed by atoms with Crippen molar-refractivity contribution in [2.75, 3.05) is 24.1 Å². The molecule has 3 rings (SSSR count). The number of rotatable bonds is 7. The van der Waals surface area contributed by atoms with E-state index in [1.54, 1.807) is 24.3 Å². The van der Waals surface area contributed by atoms with Crippen LogP contribution in [0.2, 0.25) is 0 Å². The molecule has 2 aromatic rings. The number of aryl methyl sites for hydroxylation is 1. The topological polar surface area (TPSA) is 98.7 Å². The summed E-state index contributed by atoms with van der Waals surface area (Å²) in [6, 6.07) is 14.6. The largest absolute Gasteiger partial charge is 0.388 e. The van der Waals surface area contributed by atoms with Crippen LogP contribution >= 0.6 is 0 Å². The number of aliphatic hydroxyl groups is 2. The third-order valence-corrected chi connectivity index (χ3v) is 5.55. The van der Waals surface area contributed by atoms with Gasteiger partial charge in [-0.05, 0) is 41.7 Å². The van der Waals surface area contributed by atoms with Crippen molar-refractivity contribution in [3.8, 4) is 0 Å². The Morgan fingerprint density at radius 3 is 2.56 bits per heavy atom. The molecule has 0 saturated carbocycles. The van der Waals surface area contributed by atoms with Crippen LogP contribution in [0.1, 0.15) is 35.3 Å². The van der Waals surface area contributed by atoms with Crippen molar-refractivity contribution in [3.63, 3.8) is 0 Å². The molecule has 0 bridgehead atoms. The summed E-state index contributed by atoms with van der Waals surface area (Å²) in [6.45, 7) is 0.990. The Bertz CT molecular complexity index is 868. The van der Waals surface area contributed by atoms with Gasteiger partial charge in [0.2, 0.25) is 10.0 Å². The van der Waals surface area contributed by atoms with Gasteiger partial charge in [0, 0.05) is 24.7 Å². The van der Waals surface area contributed by atoms with Crippen molar-refractivity contribution >= 4 is 15.7 Å². The molecule has 0 amide bonds. The molecule has 0 saturated heterocycles. The van der Waals surface area contributed by atoms with Crippen LogP contribution in [0.4, 0.5) is 5.69 Å². The third kappa shape index (κ3) is 5.29. The zero-order valence-corrected chi connectivity index (χ0v) is 16.1. The Hall–Kier alpha value is -1.93. The Kier molecular flexibility index (Phi) is 6.16. The maximum absolute atomic E-state index is 11.2. The van der Waals surface area contributed by atoms with Crippen molar-refractivity contribution in [1.29, 1.82) is 0 Å². The SMILES string of the molecule is CS(=O)(=O)Nc1ccc(C(O)CNCC2CCc3ccccc3C2O)cc1. The monoisotopic (exact) mass is 390 g/mol. The highest BCUT2D eigenvalue weighted by molar-refractivity contribution is 7.92. The maximum atomic E-state index is 11.2. The second-order valence-electron chi connectivity index (χ2n) is 7.11. The summed E-state index contributed by atoms with van der Waals surface area (Å²) >= 11 is 0. The summed E-state index contributed by atoms with van der Waals surface area (Å²) in [5, 5.41) is 24.1. The van der Waals surface area contributed by atoms with Gasteiger partial charge >= 0.3 is 0 Å². The quantitative estimate of drug-likeness (QED) is 0.579. The summed E-state index contributed by atoms with van der Waals surface area (Å²) in [5.74, 6) is 0.119. The van der Waals surface area contributed by atoms with Crippen molar-refractivity contribution in [1.82, 2.24) is 5.32 Å². The van der Waals surface area contributed by atoms with Gasteiger partial charge in [0.05, 0.1) is 18.5 Å². The van der Waals surface area contributed by atoms with E-state index >= 15 is 0 Å². The van der Waals surface area contributed by atoms with Crippen LogP contribution in [-0.2, 0) is 16.4 Å². The van der Waals surface area contributed by atoms with Crippen molar-refractivity contribution < 1.29 is 18.6 Å². The highest BCUT2D eigenvalue weighted by Crippen LogP contribution is 2.33. The normalized spacial score (nSPS) is 20.7. The number of aliphatic hydroxyl groups excluding tert-OH is 2. The highest BCUT2D eigenvalue weighted by Gasteiger charge is 2.27. The molecule has 0 aromatic heterocycles. The lowest BCUT2D eigenvalue weighted by Crippen LogP contribution is -2.33. The van der Waals surface area contributed by atoms with E-state index in [4.69, 9.17) is 0 Å². The molecule has 1 aliphatic carbocycles. The number of hydrogen-bond donors (Lipinski definition) is 4. The standard InChI is InChI=1S/C20H26N2O4S/c1-27(25,26)22-17-10-8-15(9-11-17)19(23)13-21-12-16-7-6-14-4-2-3-5-18(14)20(16)24/h2-5,8-11,16,19-24H,6-7,12-13H2,1H3. The molecule has 6 nitrogen and oxygen atoms in total. The summed E-state index contributed by atoms with van der Waals surface area (Å²) in [4.78, 5) is 0. The molecule has 3 unspecified atom stereocenters. The van der Waals surface area contributed by atoms with E-state index in [9.17, 15) is 18.6 Å². The average molecular weight is 391 g/mol. The molecule has 0 fully saturated rings. The molecule has 0 aliphatic heterocycles. The zero-order chi connectivity index (χ0) is 19.4. The Morgan fingerprint density at radius 2 is 1.85 bits per heavy atom. The van der Waals surface area contributed by atoms with E-state index in [0.717, 1.165) is 24.7 Å². The van der Waals surface area contributed by atoms with Gasteiger partial charge in [-0.15, -0.1) is 0 Å². The van der Waals surface area contributed by atoms with Gasteiger partial charge in [-0.25, -0.2) is 8.42 Å². The van der Waals surface area contributed by atoms with Gasteiger partial charge in [-0.3, -0.25) is 4.72 Å². The van der Waals surface area contributed by atoms with Gasteiger partial charge in [0.15, 0.2) is 0 Å². The van der Waals surface area contributed by atoms with Gasteiger partial charge in [0.25, 0.3) is 0 Å². The molecule has 3 atom stereocenters. The number of fused-ring (bicyclic) bond motifs is 1. The fraction of sp³-hybridized carbons (Fsp3) is 0.400. The fourth-order valence-corrected chi connectivity index (χ4v) is 4.09. The molecule has 0 radical (unpaired) electrons. The third-order valence-electron chi connectivity index (χ3n) is 4.95. The number of hydrogen-bond acceptors (Lipinski definition) is 5. The van der Waals surface area contributed by atoms with Gasteiger partial charge in [-0.1, -0.05) is 36.4 Å². The van der Waals surface area contributed by atoms with E-state index in [-0.39, 0.29) is 5.92 Å². The van der Waals surface area contributed by atoms with E-state index in [2.05, 4.69) is 16.1 Å². The van der Waals surface area contributed by atoms with Gasteiger partial charge < -0.3 is 15.5 Å². The summed E-state index contributed by atoms with van der Waals surface area (Å²) in [6.07, 6.45) is 1.77. The van der Waals surface area contributed by atoms with Gasteiger partial charge in [0.1, 0.15) is 0 Å². The van der Waals surface area contributed by atoms with Crippen LogP contribution in [-0.4, -0.2) is 38.0 Å². The number of anilines is 1. The summed E-state index contributed by atoms with van der Waals surface area (Å²) in [7, 11) is -3.31. The lowest BCUT2D eigenvalue weighted by atomic mass is 9.81. The number of sulfonamides is 1. The predicted octanol–water partition coefficient (Wildman–Crippen LogP) is 1.98. The molecule has 7 heteroatoms. The first-order chi connectivity index (χ1) is 12.8. The van der Waals surface area contributed by atoms with E-state index < -0.39 is 22.2 Å². The van der Waals surface area contributed by atoms with Crippen molar-refractivity contribution in [3.05, 3.63) is 65.2 Å². The molecule has 0 spiro atoms. The smallest absolute Gasteiger partial charge is 0.229 e. The first kappa shape index (κ1) is 19.8. The zero-order valence-electron chi connectivity index (χ0n) is 15.3.